The minimum atomic E-state index is -0.139. The maximum absolute atomic E-state index is 11.7. The van der Waals surface area contributed by atoms with Crippen LogP contribution in [-0.4, -0.2) is 13.0 Å². The molecule has 1 amide bonds. The molecule has 0 aromatic carbocycles. The lowest BCUT2D eigenvalue weighted by Gasteiger charge is -2.23. The summed E-state index contributed by atoms with van der Waals surface area (Å²) >= 11 is 0. The van der Waals surface area contributed by atoms with Crippen molar-refractivity contribution in [1.29, 1.82) is 0 Å². The fourth-order valence-electron chi connectivity index (χ4n) is 2.92. The molecule has 2 aliphatic rings. The summed E-state index contributed by atoms with van der Waals surface area (Å²) in [5.74, 6) is 1.62. The highest BCUT2D eigenvalue weighted by atomic mass is 16.2. The number of allylic oxidation sites excluding steroid dienone is 1. The predicted molar refractivity (Wildman–Crippen MR) is 52.1 cm³/mol. The van der Waals surface area contributed by atoms with Crippen LogP contribution >= 0.6 is 0 Å². The van der Waals surface area contributed by atoms with Gasteiger partial charge in [0, 0.05) is 7.05 Å². The number of carbonyl (C=O) groups excluding carboxylic acids is 1. The zero-order chi connectivity index (χ0) is 9.47. The van der Waals surface area contributed by atoms with Gasteiger partial charge in [-0.1, -0.05) is 25.5 Å². The van der Waals surface area contributed by atoms with Crippen LogP contribution in [-0.2, 0) is 4.79 Å². The van der Waals surface area contributed by atoms with Crippen molar-refractivity contribution < 1.29 is 4.79 Å². The van der Waals surface area contributed by atoms with E-state index in [1.165, 1.54) is 6.42 Å². The highest BCUT2D eigenvalue weighted by Gasteiger charge is 2.50. The van der Waals surface area contributed by atoms with Crippen molar-refractivity contribution in [3.8, 4) is 0 Å². The lowest BCUT2D eigenvalue weighted by molar-refractivity contribution is -0.127. The second kappa shape index (κ2) is 2.86. The van der Waals surface area contributed by atoms with E-state index in [9.17, 15) is 4.79 Å². The van der Waals surface area contributed by atoms with Crippen molar-refractivity contribution >= 4 is 5.91 Å². The third kappa shape index (κ3) is 1.11. The second-order valence-corrected chi connectivity index (χ2v) is 4.33. The Bertz CT molecular complexity index is 259. The van der Waals surface area contributed by atoms with Gasteiger partial charge in [0.1, 0.15) is 0 Å². The van der Waals surface area contributed by atoms with Gasteiger partial charge in [-0.3, -0.25) is 4.79 Å². The molecule has 2 nitrogen and oxygen atoms in total. The first kappa shape index (κ1) is 8.79. The summed E-state index contributed by atoms with van der Waals surface area (Å²) in [5, 5.41) is 2.78. The Hall–Kier alpha value is -0.790. The number of carbonyl (C=O) groups is 1. The summed E-state index contributed by atoms with van der Waals surface area (Å²) in [5.41, 5.74) is -0.139. The average molecular weight is 179 g/mol. The van der Waals surface area contributed by atoms with Crippen molar-refractivity contribution in [2.75, 3.05) is 7.05 Å². The van der Waals surface area contributed by atoms with Crippen molar-refractivity contribution in [2.45, 2.75) is 26.2 Å². The molecule has 2 aliphatic carbocycles. The summed E-state index contributed by atoms with van der Waals surface area (Å²) in [7, 11) is 1.73. The Labute approximate surface area is 79.4 Å². The van der Waals surface area contributed by atoms with Crippen molar-refractivity contribution in [2.24, 2.45) is 17.3 Å². The van der Waals surface area contributed by atoms with Crippen LogP contribution < -0.4 is 5.32 Å². The van der Waals surface area contributed by atoms with E-state index >= 15 is 0 Å². The molecule has 0 aliphatic heterocycles. The van der Waals surface area contributed by atoms with Crippen LogP contribution in [0.4, 0.5) is 0 Å². The van der Waals surface area contributed by atoms with Gasteiger partial charge < -0.3 is 5.32 Å². The van der Waals surface area contributed by atoms with Gasteiger partial charge in [0.25, 0.3) is 0 Å². The monoisotopic (exact) mass is 179 g/mol. The smallest absolute Gasteiger partial charge is 0.229 e. The fraction of sp³-hybridized carbons (Fsp3) is 0.727. The summed E-state index contributed by atoms with van der Waals surface area (Å²) in [6.45, 7) is 2.22. The highest BCUT2D eigenvalue weighted by molar-refractivity contribution is 5.85. The van der Waals surface area contributed by atoms with E-state index in [0.29, 0.717) is 5.92 Å². The number of amides is 1. The van der Waals surface area contributed by atoms with Gasteiger partial charge in [0.2, 0.25) is 5.91 Å². The molecule has 0 radical (unpaired) electrons. The van der Waals surface area contributed by atoms with Crippen molar-refractivity contribution in [3.05, 3.63) is 12.2 Å². The molecule has 13 heavy (non-hydrogen) atoms. The minimum Gasteiger partial charge on any atom is -0.358 e. The maximum Gasteiger partial charge on any atom is 0.229 e. The zero-order valence-corrected chi connectivity index (χ0v) is 8.34. The van der Waals surface area contributed by atoms with E-state index in [2.05, 4.69) is 24.4 Å². The highest BCUT2D eigenvalue weighted by Crippen LogP contribution is 2.53. The fourth-order valence-corrected chi connectivity index (χ4v) is 2.92. The molecule has 1 N–H and O–H groups in total. The molecule has 0 spiro atoms. The van der Waals surface area contributed by atoms with Gasteiger partial charge in [-0.25, -0.2) is 0 Å². The molecule has 0 heterocycles. The number of hydrogen-bond donors (Lipinski definition) is 1. The standard InChI is InChI=1S/C11H17NO/c1-3-8-6-11(10(13)12-2)5-4-9(8)7-11/h4-5,8-9H,3,6-7H2,1-2H3,(H,12,13). The molecule has 72 valence electrons. The zero-order valence-electron chi connectivity index (χ0n) is 8.34. The van der Waals surface area contributed by atoms with Crippen LogP contribution in [0.1, 0.15) is 26.2 Å². The first-order valence-electron chi connectivity index (χ1n) is 5.13. The van der Waals surface area contributed by atoms with Crippen LogP contribution in [0.15, 0.2) is 12.2 Å². The van der Waals surface area contributed by atoms with Gasteiger partial charge in [0.05, 0.1) is 5.41 Å². The van der Waals surface area contributed by atoms with Crippen LogP contribution in [0.25, 0.3) is 0 Å². The first-order valence-corrected chi connectivity index (χ1v) is 5.13. The molecular weight excluding hydrogens is 162 g/mol. The Morgan fingerprint density at radius 3 is 2.92 bits per heavy atom. The normalized spacial score (nSPS) is 41.1. The van der Waals surface area contributed by atoms with Crippen LogP contribution in [0.5, 0.6) is 0 Å². The van der Waals surface area contributed by atoms with E-state index in [-0.39, 0.29) is 11.3 Å². The van der Waals surface area contributed by atoms with E-state index in [1.54, 1.807) is 7.05 Å². The third-order valence-electron chi connectivity index (χ3n) is 3.70. The van der Waals surface area contributed by atoms with Gasteiger partial charge >= 0.3 is 0 Å². The van der Waals surface area contributed by atoms with Gasteiger partial charge in [-0.2, -0.15) is 0 Å². The topological polar surface area (TPSA) is 29.1 Å². The van der Waals surface area contributed by atoms with Crippen molar-refractivity contribution in [3.63, 3.8) is 0 Å². The Morgan fingerprint density at radius 2 is 2.38 bits per heavy atom. The first-order chi connectivity index (χ1) is 6.22. The SMILES string of the molecule is CCC1CC2(C(=O)NC)C=CC1C2. The molecule has 1 fully saturated rings. The molecule has 2 rings (SSSR count). The molecule has 0 aromatic rings. The Balaban J connectivity index is 2.20. The molecule has 3 atom stereocenters. The lowest BCUT2D eigenvalue weighted by atomic mass is 9.83. The Morgan fingerprint density at radius 1 is 1.62 bits per heavy atom. The van der Waals surface area contributed by atoms with Crippen LogP contribution in [0, 0.1) is 17.3 Å². The van der Waals surface area contributed by atoms with E-state index < -0.39 is 0 Å². The second-order valence-electron chi connectivity index (χ2n) is 4.33. The third-order valence-corrected chi connectivity index (χ3v) is 3.70. The molecule has 1 saturated carbocycles. The van der Waals surface area contributed by atoms with Gasteiger partial charge in [-0.15, -0.1) is 0 Å². The minimum absolute atomic E-state index is 0.139. The number of hydrogen-bond acceptors (Lipinski definition) is 1. The summed E-state index contributed by atoms with van der Waals surface area (Å²) in [4.78, 5) is 11.7. The van der Waals surface area contributed by atoms with Crippen LogP contribution in [0.3, 0.4) is 0 Å². The van der Waals surface area contributed by atoms with Crippen LogP contribution in [0.2, 0.25) is 0 Å². The maximum atomic E-state index is 11.7. The molecule has 3 unspecified atom stereocenters. The largest absolute Gasteiger partial charge is 0.358 e. The number of rotatable bonds is 2. The van der Waals surface area contributed by atoms with Gasteiger partial charge in [0.15, 0.2) is 0 Å². The quantitative estimate of drug-likeness (QED) is 0.643. The van der Waals surface area contributed by atoms with E-state index in [0.717, 1.165) is 18.8 Å². The summed E-state index contributed by atoms with van der Waals surface area (Å²) in [6, 6.07) is 0. The molecule has 2 heteroatoms. The molecule has 2 bridgehead atoms. The molecular formula is C11H17NO. The molecule has 0 aromatic heterocycles. The Kier molecular flexibility index (Phi) is 1.94. The number of nitrogens with one attached hydrogen (secondary N) is 1. The van der Waals surface area contributed by atoms with E-state index in [4.69, 9.17) is 0 Å². The summed E-state index contributed by atoms with van der Waals surface area (Å²) in [6.07, 6.45) is 7.68. The molecule has 0 saturated heterocycles. The lowest BCUT2D eigenvalue weighted by Crippen LogP contribution is -2.35. The summed E-state index contributed by atoms with van der Waals surface area (Å²) < 4.78 is 0. The predicted octanol–water partition coefficient (Wildman–Crippen LogP) is 1.72. The average Bonchev–Trinajstić information content (AvgIpc) is 2.74. The number of fused-ring (bicyclic) bond motifs is 2. The van der Waals surface area contributed by atoms with E-state index in [1.807, 2.05) is 0 Å². The van der Waals surface area contributed by atoms with Gasteiger partial charge in [-0.05, 0) is 24.7 Å². The van der Waals surface area contributed by atoms with Crippen molar-refractivity contribution in [1.82, 2.24) is 5.32 Å².